The number of aryl methyl sites for hydroxylation is 2. The minimum atomic E-state index is -3.77. The number of sulfonamides is 1. The molecule has 1 aliphatic heterocycles. The number of hydrogen-bond acceptors (Lipinski definition) is 4. The van der Waals surface area contributed by atoms with Gasteiger partial charge in [-0.05, 0) is 69.9 Å². The van der Waals surface area contributed by atoms with E-state index in [1.54, 1.807) is 42.2 Å². The number of benzene rings is 2. The molecule has 168 valence electrons. The molecule has 0 bridgehead atoms. The van der Waals surface area contributed by atoms with E-state index in [1.165, 1.54) is 0 Å². The lowest BCUT2D eigenvalue weighted by atomic mass is 9.92. The largest absolute Gasteiger partial charge is 0.490 e. The molecule has 2 aromatic carbocycles. The van der Waals surface area contributed by atoms with Gasteiger partial charge in [0.05, 0.1) is 21.7 Å². The molecule has 1 amide bonds. The van der Waals surface area contributed by atoms with E-state index in [0.29, 0.717) is 35.2 Å². The summed E-state index contributed by atoms with van der Waals surface area (Å²) < 4.78 is 34.6. The topological polar surface area (TPSA) is 75.7 Å². The first-order valence-corrected chi connectivity index (χ1v) is 12.1. The fourth-order valence-corrected chi connectivity index (χ4v) is 4.91. The number of carbonyl (C=O) groups is 1. The second-order valence-corrected chi connectivity index (χ2v) is 11.0. The number of ether oxygens (including phenoxy) is 1. The molecule has 1 heterocycles. The molecular weight excluding hydrogens is 412 g/mol. The third-order valence-electron chi connectivity index (χ3n) is 5.46. The van der Waals surface area contributed by atoms with Crippen LogP contribution in [0.15, 0.2) is 41.3 Å². The summed E-state index contributed by atoms with van der Waals surface area (Å²) in [6.45, 7) is 12.5. The lowest BCUT2D eigenvalue weighted by Crippen LogP contribution is -2.42. The Labute approximate surface area is 185 Å². The Morgan fingerprint density at radius 3 is 2.48 bits per heavy atom. The zero-order valence-corrected chi connectivity index (χ0v) is 20.0. The van der Waals surface area contributed by atoms with Crippen LogP contribution in [0.5, 0.6) is 5.75 Å². The molecule has 0 saturated carbocycles. The number of nitrogens with zero attached hydrogens (tertiary/aromatic N) is 1. The summed E-state index contributed by atoms with van der Waals surface area (Å²) in [7, 11) is -3.77. The summed E-state index contributed by atoms with van der Waals surface area (Å²) in [6.07, 6.45) is 0.833. The standard InChI is InChI=1S/C24H32N2O4S/c1-16(2)11-12-26-20-14-19(8-9-21(20)30-15-24(5,6)23(26)27)25-31(28,29)22-10-7-17(3)13-18(22)4/h7-10,13-14,16,25H,11-12,15H2,1-6H3. The third-order valence-corrected chi connectivity index (χ3v) is 7.01. The summed E-state index contributed by atoms with van der Waals surface area (Å²) in [5.41, 5.74) is 2.00. The van der Waals surface area contributed by atoms with Crippen LogP contribution in [0.4, 0.5) is 11.4 Å². The zero-order chi connectivity index (χ0) is 23.0. The fourth-order valence-electron chi connectivity index (χ4n) is 3.63. The van der Waals surface area contributed by atoms with Gasteiger partial charge in [-0.1, -0.05) is 31.5 Å². The molecule has 0 saturated heterocycles. The molecule has 7 heteroatoms. The minimum Gasteiger partial charge on any atom is -0.490 e. The van der Waals surface area contributed by atoms with Crippen LogP contribution in [0.2, 0.25) is 0 Å². The number of amides is 1. The maximum Gasteiger partial charge on any atom is 0.262 e. The van der Waals surface area contributed by atoms with Crippen molar-refractivity contribution in [2.24, 2.45) is 11.3 Å². The summed E-state index contributed by atoms with van der Waals surface area (Å²) in [4.78, 5) is 15.2. The molecule has 3 rings (SSSR count). The molecule has 31 heavy (non-hydrogen) atoms. The first-order valence-electron chi connectivity index (χ1n) is 10.6. The molecule has 0 radical (unpaired) electrons. The van der Waals surface area contributed by atoms with Gasteiger partial charge in [-0.2, -0.15) is 0 Å². The molecule has 1 aliphatic rings. The number of anilines is 2. The predicted molar refractivity (Wildman–Crippen MR) is 124 cm³/mol. The number of fused-ring (bicyclic) bond motifs is 1. The zero-order valence-electron chi connectivity index (χ0n) is 19.2. The van der Waals surface area contributed by atoms with Gasteiger partial charge >= 0.3 is 0 Å². The van der Waals surface area contributed by atoms with Gasteiger partial charge in [-0.15, -0.1) is 0 Å². The van der Waals surface area contributed by atoms with E-state index >= 15 is 0 Å². The van der Waals surface area contributed by atoms with Crippen molar-refractivity contribution in [1.29, 1.82) is 0 Å². The van der Waals surface area contributed by atoms with Crippen LogP contribution in [0.3, 0.4) is 0 Å². The number of hydrogen-bond donors (Lipinski definition) is 1. The number of nitrogens with one attached hydrogen (secondary N) is 1. The molecule has 2 aromatic rings. The van der Waals surface area contributed by atoms with Crippen molar-refractivity contribution in [2.75, 3.05) is 22.8 Å². The van der Waals surface area contributed by atoms with E-state index in [1.807, 2.05) is 26.8 Å². The highest BCUT2D eigenvalue weighted by molar-refractivity contribution is 7.92. The Morgan fingerprint density at radius 1 is 1.13 bits per heavy atom. The van der Waals surface area contributed by atoms with E-state index in [4.69, 9.17) is 4.74 Å². The first kappa shape index (κ1) is 23.1. The van der Waals surface area contributed by atoms with Crippen molar-refractivity contribution in [2.45, 2.75) is 52.9 Å². The molecule has 0 atom stereocenters. The smallest absolute Gasteiger partial charge is 0.262 e. The number of carbonyl (C=O) groups excluding carboxylic acids is 1. The van der Waals surface area contributed by atoms with Crippen LogP contribution < -0.4 is 14.4 Å². The summed E-state index contributed by atoms with van der Waals surface area (Å²) in [5.74, 6) is 0.980. The highest BCUT2D eigenvalue weighted by Gasteiger charge is 2.37. The maximum absolute atomic E-state index is 13.2. The van der Waals surface area contributed by atoms with E-state index in [9.17, 15) is 13.2 Å². The van der Waals surface area contributed by atoms with Crippen LogP contribution in [-0.4, -0.2) is 27.5 Å². The maximum atomic E-state index is 13.2. The van der Waals surface area contributed by atoms with Crippen molar-refractivity contribution in [3.05, 3.63) is 47.5 Å². The van der Waals surface area contributed by atoms with Crippen molar-refractivity contribution in [1.82, 2.24) is 0 Å². The van der Waals surface area contributed by atoms with Gasteiger partial charge in [0.25, 0.3) is 10.0 Å². The normalized spacial score (nSPS) is 16.0. The first-order chi connectivity index (χ1) is 14.4. The quantitative estimate of drug-likeness (QED) is 0.687. The lowest BCUT2D eigenvalue weighted by molar-refractivity contribution is -0.127. The van der Waals surface area contributed by atoms with Gasteiger partial charge in [-0.3, -0.25) is 9.52 Å². The average Bonchev–Trinajstić information content (AvgIpc) is 2.74. The van der Waals surface area contributed by atoms with E-state index in [-0.39, 0.29) is 17.4 Å². The molecule has 0 spiro atoms. The average molecular weight is 445 g/mol. The second kappa shape index (κ2) is 8.54. The summed E-state index contributed by atoms with van der Waals surface area (Å²) >= 11 is 0. The Morgan fingerprint density at radius 2 is 1.84 bits per heavy atom. The Bertz CT molecular complexity index is 1090. The highest BCUT2D eigenvalue weighted by Crippen LogP contribution is 2.39. The molecular formula is C24H32N2O4S. The monoisotopic (exact) mass is 444 g/mol. The van der Waals surface area contributed by atoms with Crippen LogP contribution in [0.25, 0.3) is 0 Å². The molecule has 0 unspecified atom stereocenters. The Hall–Kier alpha value is -2.54. The Balaban J connectivity index is 1.99. The van der Waals surface area contributed by atoms with E-state index in [2.05, 4.69) is 18.6 Å². The fraction of sp³-hybridized carbons (Fsp3) is 0.458. The number of rotatable bonds is 6. The van der Waals surface area contributed by atoms with Gasteiger partial charge in [0.2, 0.25) is 5.91 Å². The summed E-state index contributed by atoms with van der Waals surface area (Å²) in [6, 6.07) is 10.3. The van der Waals surface area contributed by atoms with Gasteiger partial charge in [0.1, 0.15) is 12.4 Å². The molecule has 1 N–H and O–H groups in total. The van der Waals surface area contributed by atoms with Gasteiger partial charge in [0, 0.05) is 6.54 Å². The lowest BCUT2D eigenvalue weighted by Gasteiger charge is -2.28. The molecule has 0 aliphatic carbocycles. The van der Waals surface area contributed by atoms with Crippen LogP contribution in [0.1, 0.15) is 45.2 Å². The van der Waals surface area contributed by atoms with Gasteiger partial charge < -0.3 is 9.64 Å². The Kier molecular flexibility index (Phi) is 6.37. The molecule has 0 fully saturated rings. The van der Waals surface area contributed by atoms with Crippen LogP contribution >= 0.6 is 0 Å². The van der Waals surface area contributed by atoms with Crippen molar-refractivity contribution >= 4 is 27.3 Å². The third kappa shape index (κ3) is 5.03. The minimum absolute atomic E-state index is 0.0266. The molecule has 6 nitrogen and oxygen atoms in total. The predicted octanol–water partition coefficient (Wildman–Crippen LogP) is 4.90. The van der Waals surface area contributed by atoms with Crippen LogP contribution in [0, 0.1) is 25.2 Å². The van der Waals surface area contributed by atoms with Gasteiger partial charge in [0.15, 0.2) is 0 Å². The van der Waals surface area contributed by atoms with E-state index < -0.39 is 15.4 Å². The highest BCUT2D eigenvalue weighted by atomic mass is 32.2. The van der Waals surface area contributed by atoms with Crippen molar-refractivity contribution in [3.8, 4) is 5.75 Å². The van der Waals surface area contributed by atoms with E-state index in [0.717, 1.165) is 12.0 Å². The second-order valence-electron chi connectivity index (χ2n) is 9.37. The van der Waals surface area contributed by atoms with Crippen molar-refractivity contribution in [3.63, 3.8) is 0 Å². The SMILES string of the molecule is Cc1ccc(S(=O)(=O)Nc2ccc3c(c2)N(CCC(C)C)C(=O)C(C)(C)CO3)c(C)c1. The molecule has 0 aromatic heterocycles. The van der Waals surface area contributed by atoms with Gasteiger partial charge in [-0.25, -0.2) is 8.42 Å². The van der Waals surface area contributed by atoms with Crippen molar-refractivity contribution < 1.29 is 17.9 Å². The summed E-state index contributed by atoms with van der Waals surface area (Å²) in [5, 5.41) is 0. The van der Waals surface area contributed by atoms with Crippen LogP contribution in [-0.2, 0) is 14.8 Å².